The van der Waals surface area contributed by atoms with E-state index in [0.717, 1.165) is 21.7 Å². The van der Waals surface area contributed by atoms with Gasteiger partial charge in [0.25, 0.3) is 0 Å². The highest BCUT2D eigenvalue weighted by atomic mass is 35.5. The number of hydrogen-bond acceptors (Lipinski definition) is 3. The molecule has 1 N–H and O–H groups in total. The molecule has 0 aliphatic rings. The zero-order valence-electron chi connectivity index (χ0n) is 11.0. The van der Waals surface area contributed by atoms with E-state index in [1.807, 2.05) is 24.3 Å². The third kappa shape index (κ3) is 3.60. The molecule has 0 fully saturated rings. The maximum atomic E-state index is 13.0. The first kappa shape index (κ1) is 14.0. The summed E-state index contributed by atoms with van der Waals surface area (Å²) in [6, 6.07) is 14.5. The normalized spacial score (nSPS) is 10.6. The molecule has 0 aliphatic carbocycles. The minimum absolute atomic E-state index is 0.227. The van der Waals surface area contributed by atoms with Gasteiger partial charge in [-0.25, -0.2) is 9.37 Å². The van der Waals surface area contributed by atoms with Crippen molar-refractivity contribution in [2.75, 3.05) is 5.32 Å². The van der Waals surface area contributed by atoms with Crippen LogP contribution in [0.2, 0.25) is 4.47 Å². The molecule has 1 heterocycles. The smallest absolute Gasteiger partial charge is 0.183 e. The van der Waals surface area contributed by atoms with Crippen molar-refractivity contribution in [2.45, 2.75) is 6.54 Å². The molecular weight excluding hydrogens is 307 g/mol. The molecule has 0 spiro atoms. The van der Waals surface area contributed by atoms with E-state index in [1.54, 1.807) is 18.3 Å². The van der Waals surface area contributed by atoms with Crippen molar-refractivity contribution in [1.29, 1.82) is 0 Å². The monoisotopic (exact) mass is 318 g/mol. The summed E-state index contributed by atoms with van der Waals surface area (Å²) in [5.41, 5.74) is 3.03. The van der Waals surface area contributed by atoms with E-state index < -0.39 is 0 Å². The van der Waals surface area contributed by atoms with Gasteiger partial charge in [0.1, 0.15) is 5.82 Å². The van der Waals surface area contributed by atoms with Crippen LogP contribution in [0.15, 0.2) is 54.7 Å². The van der Waals surface area contributed by atoms with Crippen LogP contribution in [0, 0.1) is 5.82 Å². The first-order chi connectivity index (χ1) is 10.2. The van der Waals surface area contributed by atoms with E-state index in [4.69, 9.17) is 11.6 Å². The summed E-state index contributed by atoms with van der Waals surface area (Å²) in [7, 11) is 0. The van der Waals surface area contributed by atoms with E-state index in [1.165, 1.54) is 23.5 Å². The van der Waals surface area contributed by atoms with E-state index >= 15 is 0 Å². The highest BCUT2D eigenvalue weighted by molar-refractivity contribution is 7.15. The number of halogens is 2. The van der Waals surface area contributed by atoms with Crippen molar-refractivity contribution < 1.29 is 4.39 Å². The van der Waals surface area contributed by atoms with Crippen LogP contribution in [0.1, 0.15) is 4.88 Å². The van der Waals surface area contributed by atoms with Crippen molar-refractivity contribution in [3.63, 3.8) is 0 Å². The molecule has 0 aliphatic heterocycles. The van der Waals surface area contributed by atoms with Crippen LogP contribution < -0.4 is 5.32 Å². The van der Waals surface area contributed by atoms with Gasteiger partial charge in [0.15, 0.2) is 4.47 Å². The highest BCUT2D eigenvalue weighted by Gasteiger charge is 2.02. The van der Waals surface area contributed by atoms with E-state index in [0.29, 0.717) is 11.0 Å². The topological polar surface area (TPSA) is 24.9 Å². The predicted molar refractivity (Wildman–Crippen MR) is 86.3 cm³/mol. The number of benzene rings is 2. The lowest BCUT2D eigenvalue weighted by Gasteiger charge is -2.07. The zero-order valence-corrected chi connectivity index (χ0v) is 12.6. The maximum absolute atomic E-state index is 13.0. The molecule has 2 aromatic carbocycles. The summed E-state index contributed by atoms with van der Waals surface area (Å²) in [5, 5.41) is 3.33. The average Bonchev–Trinajstić information content (AvgIpc) is 2.92. The van der Waals surface area contributed by atoms with Crippen molar-refractivity contribution in [3.05, 3.63) is 69.9 Å². The van der Waals surface area contributed by atoms with Gasteiger partial charge < -0.3 is 5.32 Å². The Balaban J connectivity index is 1.75. The van der Waals surface area contributed by atoms with Crippen LogP contribution >= 0.6 is 22.9 Å². The summed E-state index contributed by atoms with van der Waals surface area (Å²) in [6.45, 7) is 0.678. The third-order valence-electron chi connectivity index (χ3n) is 3.03. The molecule has 3 aromatic rings. The highest BCUT2D eigenvalue weighted by Crippen LogP contribution is 2.24. The predicted octanol–water partition coefficient (Wildman–Crippen LogP) is 5.21. The van der Waals surface area contributed by atoms with Gasteiger partial charge in [-0.15, -0.1) is 11.3 Å². The molecule has 106 valence electrons. The number of nitrogens with zero attached hydrogens (tertiary/aromatic N) is 1. The summed E-state index contributed by atoms with van der Waals surface area (Å²) in [5.74, 6) is -0.227. The Morgan fingerprint density at radius 1 is 1.10 bits per heavy atom. The zero-order chi connectivity index (χ0) is 14.7. The minimum atomic E-state index is -0.227. The van der Waals surface area contributed by atoms with Crippen LogP contribution in [0.25, 0.3) is 11.1 Å². The Morgan fingerprint density at radius 2 is 1.90 bits per heavy atom. The molecule has 0 saturated carbocycles. The fourth-order valence-corrected chi connectivity index (χ4v) is 2.92. The van der Waals surface area contributed by atoms with Crippen molar-refractivity contribution >= 4 is 28.6 Å². The lowest BCUT2D eigenvalue weighted by molar-refractivity contribution is 0.628. The standard InChI is InChI=1S/C16H12ClFN2S/c17-16-20-10-15(21-16)9-19-14-3-1-2-12(8-14)11-4-6-13(18)7-5-11/h1-8,10,19H,9H2. The quantitative estimate of drug-likeness (QED) is 0.714. The van der Waals surface area contributed by atoms with Crippen LogP contribution in [-0.2, 0) is 6.54 Å². The summed E-state index contributed by atoms with van der Waals surface area (Å²) in [4.78, 5) is 5.09. The third-order valence-corrected chi connectivity index (χ3v) is 4.15. The second kappa shape index (κ2) is 6.24. The van der Waals surface area contributed by atoms with Crippen molar-refractivity contribution in [1.82, 2.24) is 4.98 Å². The molecule has 0 atom stereocenters. The molecule has 0 saturated heterocycles. The number of rotatable bonds is 4. The van der Waals surface area contributed by atoms with Gasteiger partial charge in [-0.1, -0.05) is 35.9 Å². The molecule has 0 amide bonds. The van der Waals surface area contributed by atoms with E-state index in [2.05, 4.69) is 10.3 Å². The largest absolute Gasteiger partial charge is 0.380 e. The van der Waals surface area contributed by atoms with Gasteiger partial charge in [0, 0.05) is 16.8 Å². The van der Waals surface area contributed by atoms with Crippen molar-refractivity contribution in [3.8, 4) is 11.1 Å². The molecule has 1 aromatic heterocycles. The van der Waals surface area contributed by atoms with Crippen LogP contribution in [0.5, 0.6) is 0 Å². The number of nitrogens with one attached hydrogen (secondary N) is 1. The Bertz CT molecular complexity index is 740. The van der Waals surface area contributed by atoms with Gasteiger partial charge in [-0.05, 0) is 35.4 Å². The van der Waals surface area contributed by atoms with Gasteiger partial charge in [0.2, 0.25) is 0 Å². The Kier molecular flexibility index (Phi) is 4.18. The first-order valence-electron chi connectivity index (χ1n) is 6.41. The lowest BCUT2D eigenvalue weighted by atomic mass is 10.1. The van der Waals surface area contributed by atoms with Gasteiger partial charge >= 0.3 is 0 Å². The molecular formula is C16H12ClFN2S. The van der Waals surface area contributed by atoms with E-state index in [-0.39, 0.29) is 5.82 Å². The number of anilines is 1. The Hall–Kier alpha value is -1.91. The second-order valence-corrected chi connectivity index (χ2v) is 6.22. The van der Waals surface area contributed by atoms with Crippen LogP contribution in [0.3, 0.4) is 0 Å². The fourth-order valence-electron chi connectivity index (χ4n) is 2.01. The van der Waals surface area contributed by atoms with Gasteiger partial charge in [-0.3, -0.25) is 0 Å². The number of hydrogen-bond donors (Lipinski definition) is 1. The number of aromatic nitrogens is 1. The molecule has 0 bridgehead atoms. The first-order valence-corrected chi connectivity index (χ1v) is 7.60. The molecule has 0 radical (unpaired) electrons. The van der Waals surface area contributed by atoms with Gasteiger partial charge in [0.05, 0.1) is 6.54 Å². The maximum Gasteiger partial charge on any atom is 0.183 e. The Labute approximate surface area is 131 Å². The summed E-state index contributed by atoms with van der Waals surface area (Å²) >= 11 is 7.27. The molecule has 2 nitrogen and oxygen atoms in total. The summed E-state index contributed by atoms with van der Waals surface area (Å²) in [6.07, 6.45) is 1.77. The molecule has 5 heteroatoms. The Morgan fingerprint density at radius 3 is 2.62 bits per heavy atom. The molecule has 21 heavy (non-hydrogen) atoms. The fraction of sp³-hybridized carbons (Fsp3) is 0.0625. The van der Waals surface area contributed by atoms with Gasteiger partial charge in [-0.2, -0.15) is 0 Å². The average molecular weight is 319 g/mol. The SMILES string of the molecule is Fc1ccc(-c2cccc(NCc3cnc(Cl)s3)c2)cc1. The molecule has 3 rings (SSSR count). The van der Waals surface area contributed by atoms with E-state index in [9.17, 15) is 4.39 Å². The minimum Gasteiger partial charge on any atom is -0.380 e. The second-order valence-electron chi connectivity index (χ2n) is 4.52. The van der Waals surface area contributed by atoms with Crippen molar-refractivity contribution in [2.24, 2.45) is 0 Å². The van der Waals surface area contributed by atoms with Crippen LogP contribution in [0.4, 0.5) is 10.1 Å². The summed E-state index contributed by atoms with van der Waals surface area (Å²) < 4.78 is 13.5. The molecule has 0 unspecified atom stereocenters. The number of thiazole rings is 1. The lowest BCUT2D eigenvalue weighted by Crippen LogP contribution is -1.97. The van der Waals surface area contributed by atoms with Crippen LogP contribution in [-0.4, -0.2) is 4.98 Å².